The van der Waals surface area contributed by atoms with Gasteiger partial charge in [-0.25, -0.2) is 0 Å². The zero-order valence-electron chi connectivity index (χ0n) is 15.2. The first kappa shape index (κ1) is 17.3. The minimum atomic E-state index is -0.0650. The number of nitrogens with zero attached hydrogens (tertiary/aromatic N) is 5. The SMILES string of the molecule is C[C@@H](Nc1ccc(N2CCCCC2)cc1)c1nc(N)nc(N(C)C)n1. The molecule has 0 aliphatic carbocycles. The lowest BCUT2D eigenvalue weighted by atomic mass is 10.1. The summed E-state index contributed by atoms with van der Waals surface area (Å²) in [6, 6.07) is 8.50. The van der Waals surface area contributed by atoms with Gasteiger partial charge in [-0.05, 0) is 50.5 Å². The highest BCUT2D eigenvalue weighted by Crippen LogP contribution is 2.24. The van der Waals surface area contributed by atoms with E-state index in [1.165, 1.54) is 24.9 Å². The first-order chi connectivity index (χ1) is 12.0. The number of nitrogens with one attached hydrogen (secondary N) is 1. The predicted molar refractivity (Wildman–Crippen MR) is 103 cm³/mol. The summed E-state index contributed by atoms with van der Waals surface area (Å²) in [6.45, 7) is 4.33. The molecule has 0 bridgehead atoms. The van der Waals surface area contributed by atoms with Crippen molar-refractivity contribution in [3.8, 4) is 0 Å². The lowest BCUT2D eigenvalue weighted by molar-refractivity contribution is 0.578. The topological polar surface area (TPSA) is 83.2 Å². The quantitative estimate of drug-likeness (QED) is 0.865. The Balaban J connectivity index is 1.69. The fraction of sp³-hybridized carbons (Fsp3) is 0.500. The number of anilines is 4. The number of hydrogen-bond acceptors (Lipinski definition) is 7. The fourth-order valence-electron chi connectivity index (χ4n) is 3.03. The van der Waals surface area contributed by atoms with Crippen molar-refractivity contribution < 1.29 is 0 Å². The molecular weight excluding hydrogens is 314 g/mol. The van der Waals surface area contributed by atoms with Gasteiger partial charge in [-0.1, -0.05) is 0 Å². The number of benzene rings is 1. The molecule has 3 N–H and O–H groups in total. The summed E-state index contributed by atoms with van der Waals surface area (Å²) in [5, 5.41) is 3.44. The second kappa shape index (κ2) is 7.55. The van der Waals surface area contributed by atoms with E-state index < -0.39 is 0 Å². The Morgan fingerprint density at radius 2 is 1.72 bits per heavy atom. The van der Waals surface area contributed by atoms with Crippen LogP contribution >= 0.6 is 0 Å². The van der Waals surface area contributed by atoms with E-state index in [2.05, 4.69) is 49.4 Å². The van der Waals surface area contributed by atoms with Crippen LogP contribution < -0.4 is 20.9 Å². The molecule has 1 aliphatic heterocycles. The Kier molecular flexibility index (Phi) is 5.21. The normalized spacial score (nSPS) is 15.7. The van der Waals surface area contributed by atoms with Gasteiger partial charge in [-0.3, -0.25) is 0 Å². The molecule has 25 heavy (non-hydrogen) atoms. The van der Waals surface area contributed by atoms with Crippen LogP contribution in [0.15, 0.2) is 24.3 Å². The third-order valence-electron chi connectivity index (χ3n) is 4.42. The van der Waals surface area contributed by atoms with E-state index in [9.17, 15) is 0 Å². The van der Waals surface area contributed by atoms with Gasteiger partial charge in [0.25, 0.3) is 0 Å². The summed E-state index contributed by atoms with van der Waals surface area (Å²) in [4.78, 5) is 17.1. The molecule has 1 fully saturated rings. The van der Waals surface area contributed by atoms with Crippen LogP contribution in [0.1, 0.15) is 38.1 Å². The molecule has 7 nitrogen and oxygen atoms in total. The Morgan fingerprint density at radius 1 is 1.04 bits per heavy atom. The third kappa shape index (κ3) is 4.29. The molecule has 134 valence electrons. The van der Waals surface area contributed by atoms with Crippen LogP contribution in [-0.2, 0) is 0 Å². The van der Waals surface area contributed by atoms with Crippen molar-refractivity contribution in [2.24, 2.45) is 0 Å². The minimum absolute atomic E-state index is 0.0650. The van der Waals surface area contributed by atoms with Crippen molar-refractivity contribution in [2.75, 3.05) is 48.0 Å². The van der Waals surface area contributed by atoms with Gasteiger partial charge in [-0.15, -0.1) is 0 Å². The second-order valence-corrected chi connectivity index (χ2v) is 6.71. The van der Waals surface area contributed by atoms with Crippen LogP contribution in [0.25, 0.3) is 0 Å². The lowest BCUT2D eigenvalue weighted by Gasteiger charge is -2.29. The molecule has 0 unspecified atom stereocenters. The van der Waals surface area contributed by atoms with Crippen molar-refractivity contribution in [3.05, 3.63) is 30.1 Å². The van der Waals surface area contributed by atoms with E-state index in [0.29, 0.717) is 11.8 Å². The highest BCUT2D eigenvalue weighted by atomic mass is 15.3. The Morgan fingerprint density at radius 3 is 2.36 bits per heavy atom. The van der Waals surface area contributed by atoms with Crippen LogP contribution in [0, 0.1) is 0 Å². The summed E-state index contributed by atoms with van der Waals surface area (Å²) in [7, 11) is 3.77. The molecule has 1 atom stereocenters. The van der Waals surface area contributed by atoms with Crippen molar-refractivity contribution in [1.82, 2.24) is 15.0 Å². The second-order valence-electron chi connectivity index (χ2n) is 6.71. The molecule has 0 saturated carbocycles. The zero-order valence-corrected chi connectivity index (χ0v) is 15.2. The average Bonchev–Trinajstić information content (AvgIpc) is 2.62. The molecule has 1 aromatic carbocycles. The van der Waals surface area contributed by atoms with Gasteiger partial charge in [0.1, 0.15) is 0 Å². The molecule has 1 aliphatic rings. The number of hydrogen-bond donors (Lipinski definition) is 2. The number of rotatable bonds is 5. The Hall–Kier alpha value is -2.57. The fourth-order valence-corrected chi connectivity index (χ4v) is 3.03. The number of piperidine rings is 1. The highest BCUT2D eigenvalue weighted by molar-refractivity contribution is 5.55. The lowest BCUT2D eigenvalue weighted by Crippen LogP contribution is -2.29. The van der Waals surface area contributed by atoms with Crippen LogP contribution in [0.5, 0.6) is 0 Å². The van der Waals surface area contributed by atoms with Crippen molar-refractivity contribution in [3.63, 3.8) is 0 Å². The van der Waals surface area contributed by atoms with Crippen molar-refractivity contribution in [2.45, 2.75) is 32.2 Å². The van der Waals surface area contributed by atoms with E-state index in [4.69, 9.17) is 5.73 Å². The molecular formula is C18H27N7. The molecule has 0 radical (unpaired) electrons. The summed E-state index contributed by atoms with van der Waals surface area (Å²) in [6.07, 6.45) is 3.91. The molecule has 3 rings (SSSR count). The number of nitrogen functional groups attached to an aromatic ring is 1. The number of nitrogens with two attached hydrogens (primary N) is 1. The van der Waals surface area contributed by atoms with E-state index >= 15 is 0 Å². The van der Waals surface area contributed by atoms with E-state index in [0.717, 1.165) is 18.8 Å². The van der Waals surface area contributed by atoms with Crippen LogP contribution in [0.4, 0.5) is 23.3 Å². The summed E-state index contributed by atoms with van der Waals surface area (Å²) >= 11 is 0. The number of aromatic nitrogens is 3. The molecule has 7 heteroatoms. The maximum absolute atomic E-state index is 5.81. The molecule has 1 saturated heterocycles. The van der Waals surface area contributed by atoms with Crippen molar-refractivity contribution >= 4 is 23.3 Å². The summed E-state index contributed by atoms with van der Waals surface area (Å²) in [5.41, 5.74) is 8.14. The summed E-state index contributed by atoms with van der Waals surface area (Å²) in [5.74, 6) is 1.44. The van der Waals surface area contributed by atoms with Gasteiger partial charge in [0, 0.05) is 38.6 Å². The predicted octanol–water partition coefficient (Wildman–Crippen LogP) is 2.68. The molecule has 0 amide bonds. The summed E-state index contributed by atoms with van der Waals surface area (Å²) < 4.78 is 0. The maximum atomic E-state index is 5.81. The molecule has 2 aromatic rings. The highest BCUT2D eigenvalue weighted by Gasteiger charge is 2.14. The minimum Gasteiger partial charge on any atom is -0.375 e. The monoisotopic (exact) mass is 341 g/mol. The largest absolute Gasteiger partial charge is 0.375 e. The molecule has 0 spiro atoms. The van der Waals surface area contributed by atoms with E-state index in [1.54, 1.807) is 0 Å². The van der Waals surface area contributed by atoms with Gasteiger partial charge in [0.2, 0.25) is 11.9 Å². The van der Waals surface area contributed by atoms with Gasteiger partial charge in [0.05, 0.1) is 6.04 Å². The average molecular weight is 341 g/mol. The van der Waals surface area contributed by atoms with E-state index in [-0.39, 0.29) is 12.0 Å². The van der Waals surface area contributed by atoms with Crippen LogP contribution in [0.2, 0.25) is 0 Å². The van der Waals surface area contributed by atoms with Gasteiger partial charge in [-0.2, -0.15) is 15.0 Å². The van der Waals surface area contributed by atoms with E-state index in [1.807, 2.05) is 25.9 Å². The standard InChI is InChI=1S/C18H27N7/c1-13(16-21-17(19)23-18(22-16)24(2)3)20-14-7-9-15(10-8-14)25-11-5-4-6-12-25/h7-10,13,20H,4-6,11-12H2,1-3H3,(H2,19,21,22,23)/t13-/m1/s1. The van der Waals surface area contributed by atoms with Crippen LogP contribution in [-0.4, -0.2) is 42.1 Å². The van der Waals surface area contributed by atoms with Crippen LogP contribution in [0.3, 0.4) is 0 Å². The molecule has 2 heterocycles. The maximum Gasteiger partial charge on any atom is 0.229 e. The van der Waals surface area contributed by atoms with Gasteiger partial charge < -0.3 is 20.9 Å². The Bertz CT molecular complexity index is 693. The van der Waals surface area contributed by atoms with Gasteiger partial charge >= 0.3 is 0 Å². The molecule has 1 aromatic heterocycles. The Labute approximate surface area is 149 Å². The smallest absolute Gasteiger partial charge is 0.229 e. The zero-order chi connectivity index (χ0) is 17.8. The van der Waals surface area contributed by atoms with Crippen molar-refractivity contribution in [1.29, 1.82) is 0 Å². The first-order valence-corrected chi connectivity index (χ1v) is 8.83. The first-order valence-electron chi connectivity index (χ1n) is 8.83. The third-order valence-corrected chi connectivity index (χ3v) is 4.42. The van der Waals surface area contributed by atoms with Gasteiger partial charge in [0.15, 0.2) is 5.82 Å².